The molecule has 526 valence electrons. The highest BCUT2D eigenvalue weighted by Gasteiger charge is 2.22. The molecule has 94 heavy (non-hydrogen) atoms. The number of nitrogens with zero attached hydrogens (tertiary/aromatic N) is 1. The Morgan fingerprint density at radius 1 is 0.330 bits per heavy atom. The number of hydrogen-bond donors (Lipinski definition) is 0. The van der Waals surface area contributed by atoms with E-state index in [0.717, 1.165) is 167 Å². The zero-order valence-electron chi connectivity index (χ0n) is 59.8. The van der Waals surface area contributed by atoms with Crippen LogP contribution in [0.25, 0.3) is 0 Å². The first-order chi connectivity index (χ1) is 46.0. The van der Waals surface area contributed by atoms with Crippen molar-refractivity contribution in [2.24, 2.45) is 0 Å². The third-order valence-corrected chi connectivity index (χ3v) is 15.5. The molecule has 0 aromatic heterocycles. The first-order valence-corrected chi connectivity index (χ1v) is 37.9. The molecule has 0 aliphatic carbocycles. The zero-order chi connectivity index (χ0) is 68.3. The van der Waals surface area contributed by atoms with Gasteiger partial charge in [-0.1, -0.05) is 297 Å². The van der Waals surface area contributed by atoms with Gasteiger partial charge in [0, 0.05) is 12.8 Å². The standard InChI is InChI=1S/C84H132NO8P/c1-6-8-10-12-14-16-18-20-22-24-26-28-30-32-34-36-38-40-42-44-46-48-50-52-54-56-58-60-62-64-66-68-70-72-74-76-83(86)90-80-82(81-92-94(88,89)91-79-78-85(3,4)5)93-84(87)77-75-73-71-69-67-65-63-61-59-57-55-53-51-49-47-45-43-41-39-37-35-33-31-29-27-25-23-21-19-17-15-13-11-9-7-2/h8-11,14-17,20-23,26-29,32-35,38-41,44-47,50-53,57,59,63,65,82H,6-7,12-13,18-19,24-25,30-31,36-37,42-43,48-49,54-56,58,60-62,64,66-81H2,1-5H3/b10-8-,11-9-,16-14-,17-15-,22-20-,23-21-,28-26-,29-27-,34-32-,35-33-,40-38-,41-39-,46-44-,47-45-,52-50-,53-51-,59-57-,65-63-. The van der Waals surface area contributed by atoms with Crippen molar-refractivity contribution < 1.29 is 42.1 Å². The minimum atomic E-state index is -4.67. The lowest BCUT2D eigenvalue weighted by molar-refractivity contribution is -0.870. The number of rotatable bonds is 64. The van der Waals surface area contributed by atoms with E-state index in [4.69, 9.17) is 18.5 Å². The maximum absolute atomic E-state index is 12.9. The molecule has 0 rings (SSSR count). The summed E-state index contributed by atoms with van der Waals surface area (Å²) in [6.45, 7) is 3.95. The lowest BCUT2D eigenvalue weighted by atomic mass is 10.1. The monoisotopic (exact) mass is 1310 g/mol. The van der Waals surface area contributed by atoms with E-state index in [-0.39, 0.29) is 26.1 Å². The van der Waals surface area contributed by atoms with Gasteiger partial charge in [0.25, 0.3) is 7.82 Å². The third-order valence-electron chi connectivity index (χ3n) is 14.5. The van der Waals surface area contributed by atoms with Gasteiger partial charge in [-0.3, -0.25) is 14.2 Å². The van der Waals surface area contributed by atoms with Crippen LogP contribution in [0.3, 0.4) is 0 Å². The van der Waals surface area contributed by atoms with Gasteiger partial charge >= 0.3 is 11.9 Å². The third kappa shape index (κ3) is 75.4. The molecule has 0 radical (unpaired) electrons. The van der Waals surface area contributed by atoms with Crippen LogP contribution < -0.4 is 4.89 Å². The van der Waals surface area contributed by atoms with Crippen LogP contribution in [0.2, 0.25) is 0 Å². The number of unbranched alkanes of at least 4 members (excludes halogenated alkanes) is 14. The molecule has 0 aromatic carbocycles. The summed E-state index contributed by atoms with van der Waals surface area (Å²) in [5.41, 5.74) is 0. The smallest absolute Gasteiger partial charge is 0.306 e. The Kier molecular flexibility index (Phi) is 67.3. The highest BCUT2D eigenvalue weighted by molar-refractivity contribution is 7.45. The average molecular weight is 1310 g/mol. The van der Waals surface area contributed by atoms with E-state index < -0.39 is 32.5 Å². The van der Waals surface area contributed by atoms with Crippen molar-refractivity contribution in [3.05, 3.63) is 219 Å². The number of phosphoric ester groups is 1. The fourth-order valence-corrected chi connectivity index (χ4v) is 9.72. The SMILES string of the molecule is CC/C=C\C/C=C\C/C=C\C/C=C\C/C=C\C/C=C\C/C=C\C/C=C\C/C=C\C/C=C\CCCCCCC(=O)OC(COC(=O)CCCCCCCCCCCC/C=C\C/C=C\C/C=C\C/C=C\C/C=C\C/C=C\C/C=C\C/C=C\CC)COP(=O)([O-])OCC[N+](C)(C)C. The first kappa shape index (κ1) is 88.3. The second kappa shape index (κ2) is 71.6. The summed E-state index contributed by atoms with van der Waals surface area (Å²) in [6.07, 6.45) is 114. The average Bonchev–Trinajstić information content (AvgIpc) is 1.68. The van der Waals surface area contributed by atoms with E-state index in [9.17, 15) is 19.0 Å². The minimum Gasteiger partial charge on any atom is -0.756 e. The molecular weight excluding hydrogens is 1180 g/mol. The van der Waals surface area contributed by atoms with Crippen LogP contribution >= 0.6 is 7.82 Å². The van der Waals surface area contributed by atoms with Crippen molar-refractivity contribution in [1.82, 2.24) is 0 Å². The number of ether oxygens (including phenoxy) is 2. The molecule has 0 saturated heterocycles. The van der Waals surface area contributed by atoms with E-state index in [1.807, 2.05) is 21.1 Å². The molecule has 10 heteroatoms. The maximum Gasteiger partial charge on any atom is 0.306 e. The molecule has 0 fully saturated rings. The summed E-state index contributed by atoms with van der Waals surface area (Å²) in [6, 6.07) is 0. The van der Waals surface area contributed by atoms with Crippen LogP contribution in [-0.2, 0) is 32.7 Å². The predicted molar refractivity (Wildman–Crippen MR) is 405 cm³/mol. The van der Waals surface area contributed by atoms with E-state index in [1.165, 1.54) is 38.5 Å². The number of carbonyl (C=O) groups excluding carboxylic acids is 2. The molecule has 0 aliphatic rings. The molecule has 0 spiro atoms. The van der Waals surface area contributed by atoms with Crippen LogP contribution in [-0.4, -0.2) is 70.0 Å². The predicted octanol–water partition coefficient (Wildman–Crippen LogP) is 23.7. The highest BCUT2D eigenvalue weighted by atomic mass is 31.2. The Balaban J connectivity index is 4.20. The summed E-state index contributed by atoms with van der Waals surface area (Å²) >= 11 is 0. The molecule has 2 unspecified atom stereocenters. The van der Waals surface area contributed by atoms with Gasteiger partial charge in [0.1, 0.15) is 19.8 Å². The fourth-order valence-electron chi connectivity index (χ4n) is 8.99. The molecule has 2 atom stereocenters. The number of allylic oxidation sites excluding steroid dienone is 36. The number of carbonyl (C=O) groups is 2. The Hall–Kier alpha value is -5.67. The summed E-state index contributed by atoms with van der Waals surface area (Å²) < 4.78 is 34.3. The van der Waals surface area contributed by atoms with E-state index in [2.05, 4.69) is 233 Å². The zero-order valence-corrected chi connectivity index (χ0v) is 60.7. The molecule has 0 aliphatic heterocycles. The Morgan fingerprint density at radius 2 is 0.574 bits per heavy atom. The van der Waals surface area contributed by atoms with Gasteiger partial charge in [-0.25, -0.2) is 0 Å². The van der Waals surface area contributed by atoms with Crippen molar-refractivity contribution in [2.75, 3.05) is 47.5 Å². The van der Waals surface area contributed by atoms with E-state index in [0.29, 0.717) is 23.9 Å². The van der Waals surface area contributed by atoms with Crippen LogP contribution in [0, 0.1) is 0 Å². The van der Waals surface area contributed by atoms with Gasteiger partial charge in [0.05, 0.1) is 27.7 Å². The topological polar surface area (TPSA) is 111 Å². The number of quaternary nitrogens is 1. The molecule has 0 saturated carbocycles. The summed E-state index contributed by atoms with van der Waals surface area (Å²) in [5.74, 6) is -0.884. The summed E-state index contributed by atoms with van der Waals surface area (Å²) in [4.78, 5) is 38.1. The van der Waals surface area contributed by atoms with Crippen LogP contribution in [0.1, 0.15) is 245 Å². The Bertz CT molecular complexity index is 2390. The van der Waals surface area contributed by atoms with Crippen molar-refractivity contribution in [1.29, 1.82) is 0 Å². The van der Waals surface area contributed by atoms with Crippen molar-refractivity contribution in [3.8, 4) is 0 Å². The maximum atomic E-state index is 12.9. The molecule has 0 bridgehead atoms. The van der Waals surface area contributed by atoms with Gasteiger partial charge in [-0.15, -0.1) is 0 Å². The molecular formula is C84H132NO8P. The molecule has 0 heterocycles. The van der Waals surface area contributed by atoms with Crippen molar-refractivity contribution in [3.63, 3.8) is 0 Å². The minimum absolute atomic E-state index is 0.0492. The number of likely N-dealkylation sites (N-methyl/N-ethyl adjacent to an activating group) is 1. The molecule has 0 amide bonds. The summed E-state index contributed by atoms with van der Waals surface area (Å²) in [5, 5.41) is 0. The fraction of sp³-hybridized carbons (Fsp3) is 0.548. The van der Waals surface area contributed by atoms with Gasteiger partial charge in [-0.05, 0) is 154 Å². The summed E-state index contributed by atoms with van der Waals surface area (Å²) in [7, 11) is 1.11. The first-order valence-electron chi connectivity index (χ1n) is 36.4. The van der Waals surface area contributed by atoms with Gasteiger partial charge in [0.2, 0.25) is 0 Å². The number of esters is 2. The number of hydrogen-bond acceptors (Lipinski definition) is 8. The van der Waals surface area contributed by atoms with E-state index >= 15 is 0 Å². The van der Waals surface area contributed by atoms with Crippen LogP contribution in [0.5, 0.6) is 0 Å². The molecule has 0 aromatic rings. The second-order valence-electron chi connectivity index (χ2n) is 24.5. The van der Waals surface area contributed by atoms with Gasteiger partial charge in [0.15, 0.2) is 6.10 Å². The Labute approximate surface area is 576 Å². The van der Waals surface area contributed by atoms with E-state index in [1.54, 1.807) is 0 Å². The van der Waals surface area contributed by atoms with Gasteiger partial charge < -0.3 is 27.9 Å². The van der Waals surface area contributed by atoms with Crippen molar-refractivity contribution in [2.45, 2.75) is 251 Å². The highest BCUT2D eigenvalue weighted by Crippen LogP contribution is 2.38. The van der Waals surface area contributed by atoms with Crippen LogP contribution in [0.15, 0.2) is 219 Å². The quantitative estimate of drug-likeness (QED) is 0.0195. The largest absolute Gasteiger partial charge is 0.756 e. The van der Waals surface area contributed by atoms with Crippen molar-refractivity contribution >= 4 is 19.8 Å². The van der Waals surface area contributed by atoms with Crippen LogP contribution in [0.4, 0.5) is 0 Å². The second-order valence-corrected chi connectivity index (χ2v) is 25.9. The molecule has 9 nitrogen and oxygen atoms in total. The Morgan fingerprint density at radius 3 is 0.851 bits per heavy atom. The normalized spacial score (nSPS) is 14.4. The lowest BCUT2D eigenvalue weighted by Crippen LogP contribution is -2.37. The molecule has 0 N–H and O–H groups in total. The lowest BCUT2D eigenvalue weighted by Gasteiger charge is -2.28. The van der Waals surface area contributed by atoms with Gasteiger partial charge in [-0.2, -0.15) is 0 Å². The number of phosphoric acid groups is 1.